The lowest BCUT2D eigenvalue weighted by Gasteiger charge is -2.05. The average Bonchev–Trinajstić information content (AvgIpc) is 3.15. The number of rotatable bonds is 7. The van der Waals surface area contributed by atoms with E-state index in [0.717, 1.165) is 11.1 Å². The van der Waals surface area contributed by atoms with Crippen molar-refractivity contribution in [3.05, 3.63) is 72.1 Å². The number of carbonyl (C=O) groups excluding carboxylic acids is 2. The summed E-state index contributed by atoms with van der Waals surface area (Å²) in [7, 11) is 0. The van der Waals surface area contributed by atoms with Crippen LogP contribution in [0.1, 0.15) is 11.5 Å². The lowest BCUT2D eigenvalue weighted by Crippen LogP contribution is -2.31. The fraction of sp³-hybridized carbons (Fsp3) is 0.158. The maximum atomic E-state index is 11.8. The summed E-state index contributed by atoms with van der Waals surface area (Å²) in [6, 6.07) is 18.6. The van der Waals surface area contributed by atoms with Gasteiger partial charge < -0.3 is 14.6 Å². The quantitative estimate of drug-likeness (QED) is 0.656. The smallest absolute Gasteiger partial charge is 0.325 e. The highest BCUT2D eigenvalue weighted by atomic mass is 16.6. The Morgan fingerprint density at radius 3 is 2.42 bits per heavy atom. The molecule has 0 fully saturated rings. The zero-order chi connectivity index (χ0) is 18.2. The van der Waals surface area contributed by atoms with Crippen molar-refractivity contribution in [1.82, 2.24) is 15.5 Å². The molecular formula is C19H17N3O4. The number of nitrogens with zero attached hydrogens (tertiary/aromatic N) is 2. The second kappa shape index (κ2) is 8.57. The highest BCUT2D eigenvalue weighted by Gasteiger charge is 2.12. The Balaban J connectivity index is 1.42. The van der Waals surface area contributed by atoms with E-state index in [1.807, 2.05) is 60.7 Å². The van der Waals surface area contributed by atoms with Crippen molar-refractivity contribution in [3.8, 4) is 11.4 Å². The van der Waals surface area contributed by atoms with Crippen molar-refractivity contribution in [2.24, 2.45) is 0 Å². The summed E-state index contributed by atoms with van der Waals surface area (Å²) < 4.78 is 10.1. The molecule has 0 unspecified atom stereocenters. The first-order valence-electron chi connectivity index (χ1n) is 8.05. The van der Waals surface area contributed by atoms with Crippen LogP contribution in [0.3, 0.4) is 0 Å². The van der Waals surface area contributed by atoms with Crippen LogP contribution in [0.25, 0.3) is 11.4 Å². The van der Waals surface area contributed by atoms with Crippen molar-refractivity contribution in [2.75, 3.05) is 6.54 Å². The molecule has 7 nitrogen and oxygen atoms in total. The number of amides is 1. The molecule has 3 aromatic rings. The molecule has 0 bridgehead atoms. The molecule has 0 atom stereocenters. The second-order valence-corrected chi connectivity index (χ2v) is 5.48. The van der Waals surface area contributed by atoms with Crippen LogP contribution in [0.5, 0.6) is 0 Å². The van der Waals surface area contributed by atoms with Crippen LogP contribution in [0.2, 0.25) is 0 Å². The number of nitrogens with one attached hydrogen (secondary N) is 1. The molecule has 1 heterocycles. The van der Waals surface area contributed by atoms with E-state index in [2.05, 4.69) is 15.5 Å². The van der Waals surface area contributed by atoms with Crippen molar-refractivity contribution >= 4 is 11.9 Å². The molecule has 1 N–H and O–H groups in total. The third-order valence-electron chi connectivity index (χ3n) is 3.49. The molecule has 1 amide bonds. The minimum atomic E-state index is -0.578. The van der Waals surface area contributed by atoms with Gasteiger partial charge in [0.05, 0.1) is 6.42 Å². The highest BCUT2D eigenvalue weighted by Crippen LogP contribution is 2.14. The van der Waals surface area contributed by atoms with Crippen LogP contribution in [-0.2, 0) is 27.4 Å². The minimum absolute atomic E-state index is 0.146. The van der Waals surface area contributed by atoms with Crippen LogP contribution in [-0.4, -0.2) is 28.6 Å². The zero-order valence-corrected chi connectivity index (χ0v) is 13.9. The van der Waals surface area contributed by atoms with Gasteiger partial charge in [-0.1, -0.05) is 65.8 Å². The number of hydrogen-bond donors (Lipinski definition) is 1. The van der Waals surface area contributed by atoms with E-state index in [0.29, 0.717) is 5.82 Å². The first-order chi connectivity index (χ1) is 12.7. The summed E-state index contributed by atoms with van der Waals surface area (Å²) in [6.45, 7) is -0.363. The summed E-state index contributed by atoms with van der Waals surface area (Å²) in [6.07, 6.45) is 0.207. The molecule has 1 aromatic heterocycles. The molecule has 0 aliphatic carbocycles. The summed E-state index contributed by atoms with van der Waals surface area (Å²) >= 11 is 0. The Morgan fingerprint density at radius 2 is 1.69 bits per heavy atom. The first kappa shape index (κ1) is 17.3. The molecule has 3 rings (SSSR count). The summed E-state index contributed by atoms with van der Waals surface area (Å²) in [4.78, 5) is 27.7. The molecule has 0 aliphatic rings. The highest BCUT2D eigenvalue weighted by molar-refractivity contribution is 5.83. The van der Waals surface area contributed by atoms with Gasteiger partial charge in [0.15, 0.2) is 6.61 Å². The summed E-state index contributed by atoms with van der Waals surface area (Å²) in [5.41, 5.74) is 1.68. The number of hydrogen-bond acceptors (Lipinski definition) is 6. The largest absolute Gasteiger partial charge is 0.454 e. The topological polar surface area (TPSA) is 94.3 Å². The number of benzene rings is 2. The minimum Gasteiger partial charge on any atom is -0.454 e. The Hall–Kier alpha value is -3.48. The molecular weight excluding hydrogens is 334 g/mol. The van der Waals surface area contributed by atoms with E-state index >= 15 is 0 Å². The van der Waals surface area contributed by atoms with Crippen LogP contribution >= 0.6 is 0 Å². The van der Waals surface area contributed by atoms with Crippen molar-refractivity contribution < 1.29 is 18.8 Å². The number of aromatic nitrogens is 2. The van der Waals surface area contributed by atoms with Crippen LogP contribution in [0, 0.1) is 0 Å². The van der Waals surface area contributed by atoms with E-state index in [4.69, 9.17) is 9.26 Å². The molecule has 2 aromatic carbocycles. The Morgan fingerprint density at radius 1 is 1.00 bits per heavy atom. The van der Waals surface area contributed by atoms with Gasteiger partial charge in [0, 0.05) is 5.56 Å². The maximum absolute atomic E-state index is 11.8. The number of ether oxygens (including phenoxy) is 1. The van der Waals surface area contributed by atoms with E-state index in [1.54, 1.807) is 0 Å². The van der Waals surface area contributed by atoms with E-state index in [-0.39, 0.29) is 31.4 Å². The Labute approximate surface area is 150 Å². The Kier molecular flexibility index (Phi) is 5.72. The van der Waals surface area contributed by atoms with Crippen LogP contribution in [0.15, 0.2) is 65.2 Å². The van der Waals surface area contributed by atoms with Crippen molar-refractivity contribution in [2.45, 2.75) is 13.0 Å². The molecule has 26 heavy (non-hydrogen) atoms. The second-order valence-electron chi connectivity index (χ2n) is 5.48. The monoisotopic (exact) mass is 351 g/mol. The molecule has 132 valence electrons. The third-order valence-corrected chi connectivity index (χ3v) is 3.49. The van der Waals surface area contributed by atoms with Crippen molar-refractivity contribution in [3.63, 3.8) is 0 Å². The molecule has 0 radical (unpaired) electrons. The number of esters is 1. The lowest BCUT2D eigenvalue weighted by atomic mass is 10.1. The molecule has 0 saturated carbocycles. The van der Waals surface area contributed by atoms with Gasteiger partial charge in [-0.05, 0) is 5.56 Å². The van der Waals surface area contributed by atoms with Crippen molar-refractivity contribution in [1.29, 1.82) is 0 Å². The van der Waals surface area contributed by atoms with Gasteiger partial charge in [0.25, 0.3) is 5.89 Å². The van der Waals surface area contributed by atoms with Gasteiger partial charge in [0.2, 0.25) is 11.7 Å². The fourth-order valence-electron chi connectivity index (χ4n) is 2.23. The predicted octanol–water partition coefficient (Wildman–Crippen LogP) is 2.14. The molecule has 0 spiro atoms. The van der Waals surface area contributed by atoms with E-state index in [1.165, 1.54) is 0 Å². The molecule has 7 heteroatoms. The van der Waals surface area contributed by atoms with Gasteiger partial charge in [-0.3, -0.25) is 9.59 Å². The number of carbonyl (C=O) groups is 2. The van der Waals surface area contributed by atoms with Gasteiger partial charge in [-0.15, -0.1) is 0 Å². The fourth-order valence-corrected chi connectivity index (χ4v) is 2.23. The molecule has 0 saturated heterocycles. The van der Waals surface area contributed by atoms with Crippen LogP contribution < -0.4 is 5.32 Å². The van der Waals surface area contributed by atoms with Gasteiger partial charge in [-0.2, -0.15) is 4.98 Å². The zero-order valence-electron chi connectivity index (χ0n) is 13.9. The SMILES string of the molecule is O=C(Cc1ccccc1)NCC(=O)OCc1nc(-c2ccccc2)no1. The summed E-state index contributed by atoms with van der Waals surface area (Å²) in [5.74, 6) is -0.219. The van der Waals surface area contributed by atoms with Crippen LogP contribution in [0.4, 0.5) is 0 Å². The normalized spacial score (nSPS) is 10.3. The van der Waals surface area contributed by atoms with Gasteiger partial charge in [-0.25, -0.2) is 0 Å². The lowest BCUT2D eigenvalue weighted by molar-refractivity contribution is -0.145. The first-order valence-corrected chi connectivity index (χ1v) is 8.05. The van der Waals surface area contributed by atoms with E-state index in [9.17, 15) is 9.59 Å². The average molecular weight is 351 g/mol. The van der Waals surface area contributed by atoms with Gasteiger partial charge in [0.1, 0.15) is 6.54 Å². The summed E-state index contributed by atoms with van der Waals surface area (Å²) in [5, 5.41) is 6.36. The Bertz CT molecular complexity index is 863. The standard InChI is InChI=1S/C19H17N3O4/c23-16(11-14-7-3-1-4-8-14)20-12-18(24)25-13-17-21-19(22-26-17)15-9-5-2-6-10-15/h1-10H,11-13H2,(H,20,23). The third kappa shape index (κ3) is 5.01. The van der Waals surface area contributed by atoms with E-state index < -0.39 is 5.97 Å². The molecule has 0 aliphatic heterocycles. The maximum Gasteiger partial charge on any atom is 0.325 e. The van der Waals surface area contributed by atoms with Gasteiger partial charge >= 0.3 is 5.97 Å². The predicted molar refractivity (Wildman–Crippen MR) is 92.7 cm³/mol.